The predicted octanol–water partition coefficient (Wildman–Crippen LogP) is 2.16. The minimum Gasteiger partial charge on any atom is -0.342 e. The summed E-state index contributed by atoms with van der Waals surface area (Å²) in [4.78, 5) is 12.4. The van der Waals surface area contributed by atoms with E-state index in [4.69, 9.17) is 5.26 Å². The van der Waals surface area contributed by atoms with Gasteiger partial charge in [-0.3, -0.25) is 4.79 Å². The van der Waals surface area contributed by atoms with E-state index in [1.807, 2.05) is 18.2 Å². The maximum absolute atomic E-state index is 11.4. The van der Waals surface area contributed by atoms with Crippen LogP contribution in [0.4, 0.5) is 0 Å². The molecule has 0 aliphatic rings. The highest BCUT2D eigenvalue weighted by molar-refractivity contribution is 8.00. The molecule has 20 heavy (non-hydrogen) atoms. The molecule has 0 bridgehead atoms. The van der Waals surface area contributed by atoms with Crippen molar-refractivity contribution in [3.05, 3.63) is 29.8 Å². The van der Waals surface area contributed by atoms with Crippen molar-refractivity contribution >= 4 is 17.7 Å². The first-order valence-electron chi connectivity index (χ1n) is 6.68. The smallest absolute Gasteiger partial charge is 0.231 e. The molecule has 0 spiro atoms. The summed E-state index contributed by atoms with van der Waals surface area (Å²) in [5.41, 5.74) is 1.24. The van der Waals surface area contributed by atoms with E-state index < -0.39 is 0 Å². The van der Waals surface area contributed by atoms with Gasteiger partial charge in [0.1, 0.15) is 6.54 Å². The van der Waals surface area contributed by atoms with Gasteiger partial charge in [0.2, 0.25) is 5.91 Å². The summed E-state index contributed by atoms with van der Waals surface area (Å²) >= 11 is 1.47. The molecule has 1 amide bonds. The molecule has 0 atom stereocenters. The van der Waals surface area contributed by atoms with E-state index >= 15 is 0 Å². The number of nitrogens with one attached hydrogen (secondary N) is 2. The van der Waals surface area contributed by atoms with Crippen molar-refractivity contribution in [2.75, 3.05) is 18.8 Å². The van der Waals surface area contributed by atoms with Crippen molar-refractivity contribution in [1.82, 2.24) is 10.6 Å². The van der Waals surface area contributed by atoms with Crippen LogP contribution < -0.4 is 10.6 Å². The summed E-state index contributed by atoms with van der Waals surface area (Å²) in [6.45, 7) is 6.31. The molecule has 0 aliphatic carbocycles. The first-order valence-corrected chi connectivity index (χ1v) is 7.66. The lowest BCUT2D eigenvalue weighted by Crippen LogP contribution is -2.25. The molecule has 1 rings (SSSR count). The fraction of sp³-hybridized carbons (Fsp3) is 0.467. The zero-order valence-electron chi connectivity index (χ0n) is 12.0. The summed E-state index contributed by atoms with van der Waals surface area (Å²) in [5.74, 6) is 0.878. The third-order valence-corrected chi connectivity index (χ3v) is 3.55. The Morgan fingerprint density at radius 3 is 2.65 bits per heavy atom. The Morgan fingerprint density at radius 2 is 2.05 bits per heavy atom. The summed E-state index contributed by atoms with van der Waals surface area (Å²) < 4.78 is 0. The average Bonchev–Trinajstić information content (AvgIpc) is 2.44. The molecular weight excluding hydrogens is 270 g/mol. The molecule has 0 saturated heterocycles. The fourth-order valence-electron chi connectivity index (χ4n) is 1.55. The van der Waals surface area contributed by atoms with Gasteiger partial charge in [-0.2, -0.15) is 5.26 Å². The molecule has 1 aromatic rings. The molecule has 0 aliphatic heterocycles. The van der Waals surface area contributed by atoms with Gasteiger partial charge in [0.25, 0.3) is 0 Å². The van der Waals surface area contributed by atoms with E-state index in [1.54, 1.807) is 0 Å². The number of nitrogens with zero attached hydrogens (tertiary/aromatic N) is 1. The Hall–Kier alpha value is -1.51. The topological polar surface area (TPSA) is 64.9 Å². The normalized spacial score (nSPS) is 10.3. The van der Waals surface area contributed by atoms with Gasteiger partial charge in [-0.25, -0.2) is 0 Å². The van der Waals surface area contributed by atoms with Crippen molar-refractivity contribution in [2.45, 2.75) is 25.3 Å². The zero-order valence-corrected chi connectivity index (χ0v) is 12.8. The fourth-order valence-corrected chi connectivity index (χ4v) is 2.28. The van der Waals surface area contributed by atoms with Crippen LogP contribution in [0, 0.1) is 17.2 Å². The van der Waals surface area contributed by atoms with Crippen LogP contribution in [0.3, 0.4) is 0 Å². The Kier molecular flexibility index (Phi) is 7.78. The summed E-state index contributed by atoms with van der Waals surface area (Å²) in [7, 11) is 0. The average molecular weight is 291 g/mol. The van der Waals surface area contributed by atoms with E-state index in [0.29, 0.717) is 11.7 Å². The first kappa shape index (κ1) is 16.5. The van der Waals surface area contributed by atoms with Gasteiger partial charge >= 0.3 is 0 Å². The van der Waals surface area contributed by atoms with Crippen LogP contribution in [0.25, 0.3) is 0 Å². The Bertz CT molecular complexity index is 451. The van der Waals surface area contributed by atoms with Crippen molar-refractivity contribution in [2.24, 2.45) is 5.92 Å². The van der Waals surface area contributed by atoms with Crippen LogP contribution in [0.15, 0.2) is 29.2 Å². The lowest BCUT2D eigenvalue weighted by Gasteiger charge is -2.08. The highest BCUT2D eigenvalue weighted by Gasteiger charge is 2.02. The third kappa shape index (κ3) is 7.17. The largest absolute Gasteiger partial charge is 0.342 e. The molecule has 108 valence electrons. The maximum atomic E-state index is 11.4. The number of thioether (sulfide) groups is 1. The van der Waals surface area contributed by atoms with Crippen LogP contribution in [0.2, 0.25) is 0 Å². The second-order valence-corrected chi connectivity index (χ2v) is 5.94. The second kappa shape index (κ2) is 9.40. The van der Waals surface area contributed by atoms with Gasteiger partial charge in [-0.15, -0.1) is 11.8 Å². The predicted molar refractivity (Wildman–Crippen MR) is 82.3 cm³/mol. The number of hydrogen-bond donors (Lipinski definition) is 2. The Balaban J connectivity index is 2.31. The van der Waals surface area contributed by atoms with Gasteiger partial charge in [-0.05, 0) is 30.2 Å². The highest BCUT2D eigenvalue weighted by atomic mass is 32.2. The second-order valence-electron chi connectivity index (χ2n) is 4.89. The molecule has 0 fully saturated rings. The van der Waals surface area contributed by atoms with E-state index in [9.17, 15) is 4.79 Å². The van der Waals surface area contributed by atoms with Gasteiger partial charge in [0.15, 0.2) is 0 Å². The number of nitriles is 1. The van der Waals surface area contributed by atoms with Crippen molar-refractivity contribution in [1.29, 1.82) is 5.26 Å². The maximum Gasteiger partial charge on any atom is 0.231 e. The monoisotopic (exact) mass is 291 g/mol. The number of amides is 1. The van der Waals surface area contributed by atoms with Crippen LogP contribution >= 0.6 is 11.8 Å². The standard InChI is InChI=1S/C15H21N3OS/c1-12(2)9-17-10-13-3-5-14(6-4-13)20-11-15(19)18-8-7-16/h3-6,12,17H,8-11H2,1-2H3,(H,18,19). The zero-order chi connectivity index (χ0) is 14.8. The summed E-state index contributed by atoms with van der Waals surface area (Å²) in [6, 6.07) is 10.1. The minimum absolute atomic E-state index is 0.0693. The SMILES string of the molecule is CC(C)CNCc1ccc(SCC(=O)NCC#N)cc1. The van der Waals surface area contributed by atoms with E-state index in [1.165, 1.54) is 17.3 Å². The van der Waals surface area contributed by atoms with Gasteiger partial charge in [0.05, 0.1) is 11.8 Å². The molecule has 4 nitrogen and oxygen atoms in total. The highest BCUT2D eigenvalue weighted by Crippen LogP contribution is 2.18. The lowest BCUT2D eigenvalue weighted by atomic mass is 10.2. The molecule has 5 heteroatoms. The molecule has 0 aromatic heterocycles. The van der Waals surface area contributed by atoms with Crippen LogP contribution in [0.5, 0.6) is 0 Å². The van der Waals surface area contributed by atoms with Crippen molar-refractivity contribution in [3.8, 4) is 6.07 Å². The van der Waals surface area contributed by atoms with Crippen LogP contribution in [-0.2, 0) is 11.3 Å². The molecule has 2 N–H and O–H groups in total. The number of carbonyl (C=O) groups excluding carboxylic acids is 1. The quantitative estimate of drug-likeness (QED) is 0.569. The number of benzene rings is 1. The summed E-state index contributed by atoms with van der Waals surface area (Å²) in [6.07, 6.45) is 0. The molecule has 0 unspecified atom stereocenters. The molecular formula is C15H21N3OS. The lowest BCUT2D eigenvalue weighted by molar-refractivity contribution is -0.118. The molecule has 1 aromatic carbocycles. The number of hydrogen-bond acceptors (Lipinski definition) is 4. The minimum atomic E-state index is -0.112. The molecule has 0 saturated carbocycles. The van der Waals surface area contributed by atoms with Gasteiger partial charge in [-0.1, -0.05) is 26.0 Å². The first-order chi connectivity index (χ1) is 9.61. The number of rotatable bonds is 8. The van der Waals surface area contributed by atoms with E-state index in [-0.39, 0.29) is 12.5 Å². The Morgan fingerprint density at radius 1 is 1.35 bits per heavy atom. The van der Waals surface area contributed by atoms with Gasteiger partial charge < -0.3 is 10.6 Å². The van der Waals surface area contributed by atoms with E-state index in [0.717, 1.165) is 18.0 Å². The Labute approximate surface area is 124 Å². The van der Waals surface area contributed by atoms with Crippen molar-refractivity contribution in [3.63, 3.8) is 0 Å². The van der Waals surface area contributed by atoms with Crippen LogP contribution in [0.1, 0.15) is 19.4 Å². The van der Waals surface area contributed by atoms with Crippen LogP contribution in [-0.4, -0.2) is 24.7 Å². The van der Waals surface area contributed by atoms with E-state index in [2.05, 4.69) is 36.6 Å². The summed E-state index contributed by atoms with van der Waals surface area (Å²) in [5, 5.41) is 14.3. The molecule has 0 radical (unpaired) electrons. The third-order valence-electron chi connectivity index (χ3n) is 2.54. The van der Waals surface area contributed by atoms with Gasteiger partial charge in [0, 0.05) is 11.4 Å². The molecule has 0 heterocycles. The van der Waals surface area contributed by atoms with Crippen molar-refractivity contribution < 1.29 is 4.79 Å². The number of carbonyl (C=O) groups is 1.